The van der Waals surface area contributed by atoms with Gasteiger partial charge in [-0.2, -0.15) is 0 Å². The molecule has 0 aromatic carbocycles. The van der Waals surface area contributed by atoms with Gasteiger partial charge < -0.3 is 10.2 Å². The predicted octanol–water partition coefficient (Wildman–Crippen LogP) is 1.73. The summed E-state index contributed by atoms with van der Waals surface area (Å²) in [5.41, 5.74) is 0. The highest BCUT2D eigenvalue weighted by atomic mass is 16.2. The lowest BCUT2D eigenvalue weighted by molar-refractivity contribution is -0.155. The van der Waals surface area contributed by atoms with Crippen LogP contribution in [-0.2, 0) is 9.59 Å². The van der Waals surface area contributed by atoms with Crippen molar-refractivity contribution in [2.45, 2.75) is 64.0 Å². The fraction of sp³-hybridized carbons (Fsp3) is 0.875. The summed E-state index contributed by atoms with van der Waals surface area (Å²) < 4.78 is 0. The lowest BCUT2D eigenvalue weighted by atomic mass is 9.69. The minimum atomic E-state index is -0.408. The third kappa shape index (κ3) is 2.28. The van der Waals surface area contributed by atoms with Gasteiger partial charge in [-0.05, 0) is 51.0 Å². The third-order valence-corrected chi connectivity index (χ3v) is 5.35. The number of carbonyl (C=O) groups is 2. The second kappa shape index (κ2) is 5.84. The number of hydrogen-bond donors (Lipinski definition) is 1. The molecule has 20 heavy (non-hydrogen) atoms. The summed E-state index contributed by atoms with van der Waals surface area (Å²) in [5.74, 6) is 0.358. The van der Waals surface area contributed by atoms with Crippen LogP contribution in [0.25, 0.3) is 0 Å². The highest BCUT2D eigenvalue weighted by molar-refractivity contribution is 6.03. The molecule has 4 atom stereocenters. The molecule has 112 valence electrons. The molecular formula is C16H26N2O2. The van der Waals surface area contributed by atoms with E-state index in [-0.39, 0.29) is 17.7 Å². The van der Waals surface area contributed by atoms with E-state index in [0.717, 1.165) is 32.4 Å². The monoisotopic (exact) mass is 278 g/mol. The zero-order valence-corrected chi connectivity index (χ0v) is 12.4. The molecule has 1 N–H and O–H groups in total. The Hall–Kier alpha value is -0.900. The van der Waals surface area contributed by atoms with Crippen LogP contribution < -0.4 is 5.32 Å². The van der Waals surface area contributed by atoms with Crippen LogP contribution in [0.1, 0.15) is 51.9 Å². The number of nitrogens with zero attached hydrogens (tertiary/aromatic N) is 1. The number of ketones is 1. The van der Waals surface area contributed by atoms with E-state index in [9.17, 15) is 9.59 Å². The van der Waals surface area contributed by atoms with Gasteiger partial charge in [-0.25, -0.2) is 0 Å². The summed E-state index contributed by atoms with van der Waals surface area (Å²) in [6.45, 7) is 3.83. The van der Waals surface area contributed by atoms with Crippen molar-refractivity contribution in [3.05, 3.63) is 0 Å². The van der Waals surface area contributed by atoms with Gasteiger partial charge in [0.2, 0.25) is 5.91 Å². The SMILES string of the molecule is CCCC(=O)C1C(=O)N2CCCCC2C2CCCNC12. The Kier molecular flexibility index (Phi) is 4.11. The first-order valence-corrected chi connectivity index (χ1v) is 8.30. The zero-order chi connectivity index (χ0) is 14.1. The molecule has 3 saturated heterocycles. The zero-order valence-electron chi connectivity index (χ0n) is 12.4. The number of nitrogens with one attached hydrogen (secondary N) is 1. The van der Waals surface area contributed by atoms with Crippen LogP contribution in [0.15, 0.2) is 0 Å². The number of hydrogen-bond acceptors (Lipinski definition) is 3. The molecule has 3 aliphatic rings. The van der Waals surface area contributed by atoms with Crippen molar-refractivity contribution in [2.24, 2.45) is 11.8 Å². The molecule has 0 bridgehead atoms. The Labute approximate surface area is 121 Å². The van der Waals surface area contributed by atoms with Crippen molar-refractivity contribution < 1.29 is 9.59 Å². The molecule has 0 aromatic heterocycles. The van der Waals surface area contributed by atoms with E-state index in [4.69, 9.17) is 0 Å². The van der Waals surface area contributed by atoms with E-state index in [1.165, 1.54) is 19.3 Å². The van der Waals surface area contributed by atoms with Crippen molar-refractivity contribution in [1.29, 1.82) is 0 Å². The molecule has 0 spiro atoms. The molecule has 3 aliphatic heterocycles. The normalized spacial score (nSPS) is 37.2. The maximum absolute atomic E-state index is 12.8. The Morgan fingerprint density at radius 2 is 2.15 bits per heavy atom. The number of rotatable bonds is 3. The quantitative estimate of drug-likeness (QED) is 0.800. The number of amides is 1. The maximum Gasteiger partial charge on any atom is 0.235 e. The fourth-order valence-corrected chi connectivity index (χ4v) is 4.48. The molecule has 0 aromatic rings. The number of fused-ring (bicyclic) bond motifs is 3. The van der Waals surface area contributed by atoms with Gasteiger partial charge in [0.25, 0.3) is 0 Å². The third-order valence-electron chi connectivity index (χ3n) is 5.35. The molecule has 0 aliphatic carbocycles. The van der Waals surface area contributed by atoms with E-state index in [2.05, 4.69) is 10.2 Å². The molecule has 1 amide bonds. The van der Waals surface area contributed by atoms with Gasteiger partial charge in [-0.15, -0.1) is 0 Å². The molecular weight excluding hydrogens is 252 g/mol. The smallest absolute Gasteiger partial charge is 0.235 e. The topological polar surface area (TPSA) is 49.4 Å². The van der Waals surface area contributed by atoms with E-state index in [1.54, 1.807) is 0 Å². The summed E-state index contributed by atoms with van der Waals surface area (Å²) in [6, 6.07) is 0.495. The predicted molar refractivity (Wildman–Crippen MR) is 77.3 cm³/mol. The fourth-order valence-electron chi connectivity index (χ4n) is 4.48. The Morgan fingerprint density at radius 1 is 1.30 bits per heavy atom. The summed E-state index contributed by atoms with van der Waals surface area (Å²) >= 11 is 0. The van der Waals surface area contributed by atoms with Crippen LogP contribution in [-0.4, -0.2) is 41.8 Å². The van der Waals surface area contributed by atoms with Gasteiger partial charge in [0.1, 0.15) is 11.7 Å². The van der Waals surface area contributed by atoms with E-state index >= 15 is 0 Å². The number of piperidine rings is 3. The Balaban J connectivity index is 1.88. The van der Waals surface area contributed by atoms with Crippen molar-refractivity contribution >= 4 is 11.7 Å². The molecule has 3 heterocycles. The van der Waals surface area contributed by atoms with E-state index in [1.807, 2.05) is 6.92 Å². The van der Waals surface area contributed by atoms with E-state index in [0.29, 0.717) is 18.4 Å². The molecule has 0 saturated carbocycles. The first kappa shape index (κ1) is 14.1. The molecule has 3 fully saturated rings. The lowest BCUT2D eigenvalue weighted by Crippen LogP contribution is -2.66. The molecule has 4 unspecified atom stereocenters. The van der Waals surface area contributed by atoms with Crippen molar-refractivity contribution in [2.75, 3.05) is 13.1 Å². The van der Waals surface area contributed by atoms with Crippen LogP contribution in [0.5, 0.6) is 0 Å². The largest absolute Gasteiger partial charge is 0.339 e. The van der Waals surface area contributed by atoms with Crippen LogP contribution in [0, 0.1) is 11.8 Å². The maximum atomic E-state index is 12.8. The van der Waals surface area contributed by atoms with Crippen molar-refractivity contribution in [3.63, 3.8) is 0 Å². The second-order valence-electron chi connectivity index (χ2n) is 6.57. The minimum absolute atomic E-state index is 0.106. The average molecular weight is 278 g/mol. The second-order valence-corrected chi connectivity index (χ2v) is 6.57. The summed E-state index contributed by atoms with van der Waals surface area (Å²) in [6.07, 6.45) is 7.18. The first-order chi connectivity index (χ1) is 9.74. The number of carbonyl (C=O) groups excluding carboxylic acids is 2. The van der Waals surface area contributed by atoms with Crippen LogP contribution >= 0.6 is 0 Å². The minimum Gasteiger partial charge on any atom is -0.339 e. The summed E-state index contributed by atoms with van der Waals surface area (Å²) in [4.78, 5) is 27.3. The number of Topliss-reactive ketones (excluding diaryl/α,β-unsaturated/α-hetero) is 1. The van der Waals surface area contributed by atoms with Crippen molar-refractivity contribution in [1.82, 2.24) is 10.2 Å². The van der Waals surface area contributed by atoms with Gasteiger partial charge in [0.05, 0.1) is 0 Å². The standard InChI is InChI=1S/C16H26N2O2/c1-2-6-13(19)14-15-11(7-5-9-17-15)12-8-3-4-10-18(12)16(14)20/h11-12,14-15,17H,2-10H2,1H3. The van der Waals surface area contributed by atoms with Crippen LogP contribution in [0.2, 0.25) is 0 Å². The lowest BCUT2D eigenvalue weighted by Gasteiger charge is -2.52. The molecule has 4 nitrogen and oxygen atoms in total. The van der Waals surface area contributed by atoms with Crippen LogP contribution in [0.4, 0.5) is 0 Å². The molecule has 3 rings (SSSR count). The Morgan fingerprint density at radius 3 is 2.95 bits per heavy atom. The van der Waals surface area contributed by atoms with Gasteiger partial charge in [0, 0.05) is 25.0 Å². The highest BCUT2D eigenvalue weighted by Crippen LogP contribution is 2.39. The highest BCUT2D eigenvalue weighted by Gasteiger charge is 2.51. The van der Waals surface area contributed by atoms with Crippen molar-refractivity contribution in [3.8, 4) is 0 Å². The van der Waals surface area contributed by atoms with E-state index < -0.39 is 5.92 Å². The van der Waals surface area contributed by atoms with Gasteiger partial charge in [0.15, 0.2) is 0 Å². The van der Waals surface area contributed by atoms with Gasteiger partial charge in [-0.1, -0.05) is 6.92 Å². The van der Waals surface area contributed by atoms with Gasteiger partial charge >= 0.3 is 0 Å². The summed E-state index contributed by atoms with van der Waals surface area (Å²) in [5, 5.41) is 3.51. The van der Waals surface area contributed by atoms with Gasteiger partial charge in [-0.3, -0.25) is 9.59 Å². The molecule has 0 radical (unpaired) electrons. The average Bonchev–Trinajstić information content (AvgIpc) is 2.48. The summed E-state index contributed by atoms with van der Waals surface area (Å²) in [7, 11) is 0. The first-order valence-electron chi connectivity index (χ1n) is 8.30. The Bertz CT molecular complexity index is 396. The molecule has 4 heteroatoms. The van der Waals surface area contributed by atoms with Crippen LogP contribution in [0.3, 0.4) is 0 Å².